The molecule has 3 rings (SSSR count). The van der Waals surface area contributed by atoms with Crippen LogP contribution in [0, 0.1) is 0 Å². The maximum absolute atomic E-state index is 11.8. The molecule has 2 aliphatic rings. The number of benzene rings is 1. The minimum Gasteiger partial charge on any atom is -0.454 e. The van der Waals surface area contributed by atoms with Gasteiger partial charge in [-0.05, 0) is 12.5 Å². The zero-order valence-corrected chi connectivity index (χ0v) is 17.8. The average molecular weight is 458 g/mol. The summed E-state index contributed by atoms with van der Waals surface area (Å²) in [6.45, 7) is 2.12. The van der Waals surface area contributed by atoms with Crippen LogP contribution >= 0.6 is 0 Å². The van der Waals surface area contributed by atoms with Crippen LogP contribution in [-0.2, 0) is 35.1 Å². The van der Waals surface area contributed by atoms with Gasteiger partial charge in [0.15, 0.2) is 18.7 Å². The first-order valence-electron chi connectivity index (χ1n) is 10.3. The molecule has 2 fully saturated rings. The third-order valence-corrected chi connectivity index (χ3v) is 5.46. The third-order valence-electron chi connectivity index (χ3n) is 5.46. The molecule has 0 amide bonds. The second-order valence-corrected chi connectivity index (χ2v) is 7.87. The van der Waals surface area contributed by atoms with E-state index in [1.165, 1.54) is 6.92 Å². The van der Waals surface area contributed by atoms with Crippen molar-refractivity contribution in [3.8, 4) is 0 Å². The normalized spacial score (nSPS) is 40.1. The summed E-state index contributed by atoms with van der Waals surface area (Å²) in [6.07, 6.45) is -13.4. The van der Waals surface area contributed by atoms with Crippen LogP contribution in [0.2, 0.25) is 0 Å². The van der Waals surface area contributed by atoms with Gasteiger partial charge in [-0.1, -0.05) is 30.3 Å². The van der Waals surface area contributed by atoms with Crippen molar-refractivity contribution in [3.05, 3.63) is 35.9 Å². The van der Waals surface area contributed by atoms with Gasteiger partial charge in [-0.3, -0.25) is 4.79 Å². The van der Waals surface area contributed by atoms with E-state index in [9.17, 15) is 30.3 Å². The Morgan fingerprint density at radius 2 is 1.62 bits per heavy atom. The van der Waals surface area contributed by atoms with Gasteiger partial charge in [-0.2, -0.15) is 0 Å². The van der Waals surface area contributed by atoms with E-state index in [1.54, 1.807) is 0 Å². The van der Waals surface area contributed by atoms with Crippen molar-refractivity contribution in [2.75, 3.05) is 6.61 Å². The molecule has 2 heterocycles. The predicted octanol–water partition coefficient (Wildman–Crippen LogP) is -1.57. The first-order valence-corrected chi connectivity index (χ1v) is 10.3. The second-order valence-electron chi connectivity index (χ2n) is 7.87. The first-order chi connectivity index (χ1) is 15.2. The second kappa shape index (κ2) is 11.0. The average Bonchev–Trinajstić information content (AvgIpc) is 2.78. The SMILES string of the molecule is CC(=O)OC1C(OCc2ccccc2)OC(CO)C(O)C1OC1OC(C)C(O)C(O)C1O. The highest BCUT2D eigenvalue weighted by molar-refractivity contribution is 5.66. The molecule has 0 bridgehead atoms. The van der Waals surface area contributed by atoms with E-state index < -0.39 is 74.0 Å². The molecule has 10 unspecified atom stereocenters. The molecule has 1 aromatic carbocycles. The molecule has 0 aromatic heterocycles. The number of aliphatic hydroxyl groups is 5. The number of esters is 1. The number of hydrogen-bond donors (Lipinski definition) is 5. The standard InChI is InChI=1S/C21H30O11/c1-10-14(24)16(26)17(27)20(29-10)32-18-15(25)13(8-22)31-21(19(18)30-11(2)23)28-9-12-6-4-3-5-7-12/h3-7,10,13-22,24-27H,8-9H2,1-2H3. The molecule has 2 saturated heterocycles. The van der Waals surface area contributed by atoms with Crippen LogP contribution in [0.4, 0.5) is 0 Å². The number of carbonyl (C=O) groups is 1. The molecule has 0 saturated carbocycles. The van der Waals surface area contributed by atoms with E-state index in [-0.39, 0.29) is 6.61 Å². The van der Waals surface area contributed by atoms with E-state index in [2.05, 4.69) is 0 Å². The Bertz CT molecular complexity index is 732. The number of ether oxygens (including phenoxy) is 5. The van der Waals surface area contributed by atoms with Gasteiger partial charge in [-0.25, -0.2) is 0 Å². The fourth-order valence-corrected chi connectivity index (χ4v) is 3.68. The third kappa shape index (κ3) is 5.63. The summed E-state index contributed by atoms with van der Waals surface area (Å²) in [5.74, 6) is -0.705. The van der Waals surface area contributed by atoms with Crippen molar-refractivity contribution in [1.82, 2.24) is 0 Å². The van der Waals surface area contributed by atoms with Crippen LogP contribution in [0.1, 0.15) is 19.4 Å². The maximum Gasteiger partial charge on any atom is 0.303 e. The largest absolute Gasteiger partial charge is 0.454 e. The number of hydrogen-bond acceptors (Lipinski definition) is 11. The molecule has 0 radical (unpaired) electrons. The van der Waals surface area contributed by atoms with Crippen molar-refractivity contribution < 1.29 is 54.0 Å². The van der Waals surface area contributed by atoms with Crippen LogP contribution < -0.4 is 0 Å². The quantitative estimate of drug-likeness (QED) is 0.300. The van der Waals surface area contributed by atoms with Gasteiger partial charge in [0.05, 0.1) is 19.3 Å². The molecule has 11 heteroatoms. The summed E-state index contributed by atoms with van der Waals surface area (Å²) in [5, 5.41) is 50.6. The van der Waals surface area contributed by atoms with Crippen molar-refractivity contribution >= 4 is 5.97 Å². The Kier molecular flexibility index (Phi) is 8.55. The monoisotopic (exact) mass is 458 g/mol. The minimum atomic E-state index is -1.65. The Morgan fingerprint density at radius 3 is 2.25 bits per heavy atom. The number of carbonyl (C=O) groups excluding carboxylic acids is 1. The van der Waals surface area contributed by atoms with Gasteiger partial charge < -0.3 is 49.2 Å². The number of rotatable bonds is 7. The van der Waals surface area contributed by atoms with Crippen LogP contribution in [-0.4, -0.2) is 99.5 Å². The fourth-order valence-electron chi connectivity index (χ4n) is 3.68. The van der Waals surface area contributed by atoms with Crippen molar-refractivity contribution in [2.45, 2.75) is 81.9 Å². The van der Waals surface area contributed by atoms with Crippen molar-refractivity contribution in [3.63, 3.8) is 0 Å². The Morgan fingerprint density at radius 1 is 0.938 bits per heavy atom. The van der Waals surface area contributed by atoms with Gasteiger partial charge in [0.2, 0.25) is 0 Å². The molecule has 180 valence electrons. The van der Waals surface area contributed by atoms with Crippen molar-refractivity contribution in [1.29, 1.82) is 0 Å². The zero-order valence-electron chi connectivity index (χ0n) is 17.8. The maximum atomic E-state index is 11.8. The predicted molar refractivity (Wildman–Crippen MR) is 106 cm³/mol. The lowest BCUT2D eigenvalue weighted by Gasteiger charge is -2.46. The Labute approximate surface area is 185 Å². The Balaban J connectivity index is 1.81. The molecule has 32 heavy (non-hydrogen) atoms. The summed E-state index contributed by atoms with van der Waals surface area (Å²) in [6, 6.07) is 9.11. The Hall–Kier alpha value is -1.67. The summed E-state index contributed by atoms with van der Waals surface area (Å²) in [5.41, 5.74) is 0.804. The van der Waals surface area contributed by atoms with Gasteiger partial charge in [-0.15, -0.1) is 0 Å². The lowest BCUT2D eigenvalue weighted by Crippen LogP contribution is -2.64. The summed E-state index contributed by atoms with van der Waals surface area (Å²) in [7, 11) is 0. The first kappa shape index (κ1) is 25.0. The molecule has 1 aromatic rings. The lowest BCUT2D eigenvalue weighted by atomic mass is 9.97. The van der Waals surface area contributed by atoms with E-state index in [1.807, 2.05) is 30.3 Å². The van der Waals surface area contributed by atoms with Crippen molar-refractivity contribution in [2.24, 2.45) is 0 Å². The smallest absolute Gasteiger partial charge is 0.303 e. The van der Waals surface area contributed by atoms with Gasteiger partial charge in [0.25, 0.3) is 0 Å². The molecule has 10 atom stereocenters. The zero-order chi connectivity index (χ0) is 23.4. The van der Waals surface area contributed by atoms with E-state index in [0.717, 1.165) is 12.5 Å². The summed E-state index contributed by atoms with van der Waals surface area (Å²) < 4.78 is 27.9. The molecular formula is C21H30O11. The molecule has 2 aliphatic heterocycles. The molecular weight excluding hydrogens is 428 g/mol. The summed E-state index contributed by atoms with van der Waals surface area (Å²) in [4.78, 5) is 11.8. The van der Waals surface area contributed by atoms with Crippen LogP contribution in [0.25, 0.3) is 0 Å². The summed E-state index contributed by atoms with van der Waals surface area (Å²) >= 11 is 0. The van der Waals surface area contributed by atoms with Gasteiger partial charge in [0, 0.05) is 6.92 Å². The minimum absolute atomic E-state index is 0.0781. The highest BCUT2D eigenvalue weighted by atomic mass is 16.7. The highest BCUT2D eigenvalue weighted by Crippen LogP contribution is 2.31. The molecule has 0 spiro atoms. The highest BCUT2D eigenvalue weighted by Gasteiger charge is 2.52. The van der Waals surface area contributed by atoms with E-state index in [4.69, 9.17) is 23.7 Å². The van der Waals surface area contributed by atoms with E-state index >= 15 is 0 Å². The van der Waals surface area contributed by atoms with Gasteiger partial charge >= 0.3 is 5.97 Å². The topological polar surface area (TPSA) is 164 Å². The van der Waals surface area contributed by atoms with Gasteiger partial charge in [0.1, 0.15) is 36.6 Å². The molecule has 5 N–H and O–H groups in total. The van der Waals surface area contributed by atoms with Crippen LogP contribution in [0.3, 0.4) is 0 Å². The van der Waals surface area contributed by atoms with E-state index in [0.29, 0.717) is 0 Å². The van der Waals surface area contributed by atoms with Crippen LogP contribution in [0.15, 0.2) is 30.3 Å². The molecule has 11 nitrogen and oxygen atoms in total. The fraction of sp³-hybridized carbons (Fsp3) is 0.667. The number of aliphatic hydroxyl groups excluding tert-OH is 5. The van der Waals surface area contributed by atoms with Crippen LogP contribution in [0.5, 0.6) is 0 Å². The molecule has 0 aliphatic carbocycles. The lowest BCUT2D eigenvalue weighted by molar-refractivity contribution is -0.359.